The van der Waals surface area contributed by atoms with Crippen LogP contribution in [0.25, 0.3) is 16.3 Å². The van der Waals surface area contributed by atoms with E-state index in [1.54, 1.807) is 53.1 Å². The summed E-state index contributed by atoms with van der Waals surface area (Å²) in [4.78, 5) is 47.3. The molecule has 0 unspecified atom stereocenters. The number of rotatable bonds is 9. The van der Waals surface area contributed by atoms with E-state index in [1.807, 2.05) is 25.1 Å². The van der Waals surface area contributed by atoms with Crippen LogP contribution < -0.4 is 9.61 Å². The maximum absolute atomic E-state index is 12.9. The Labute approximate surface area is 209 Å². The summed E-state index contributed by atoms with van der Waals surface area (Å²) >= 11 is 1.06. The Kier molecular flexibility index (Phi) is 7.12. The second kappa shape index (κ2) is 10.4. The second-order valence-corrected chi connectivity index (χ2v) is 8.98. The van der Waals surface area contributed by atoms with Crippen LogP contribution in [0.5, 0.6) is 5.75 Å². The Morgan fingerprint density at radius 3 is 2.31 bits per heavy atom. The van der Waals surface area contributed by atoms with Crippen LogP contribution in [0.3, 0.4) is 0 Å². The maximum atomic E-state index is 12.9. The number of hydrogen-bond acceptors (Lipinski definition) is 6. The van der Waals surface area contributed by atoms with Crippen LogP contribution >= 0.6 is 11.3 Å². The number of carbonyl (C=O) groups excluding carboxylic acids is 1. The van der Waals surface area contributed by atoms with Crippen molar-refractivity contribution in [1.29, 1.82) is 0 Å². The van der Waals surface area contributed by atoms with Gasteiger partial charge in [-0.15, -0.1) is 0 Å². The van der Waals surface area contributed by atoms with Crippen molar-refractivity contribution in [3.8, 4) is 5.75 Å². The van der Waals surface area contributed by atoms with Crippen molar-refractivity contribution in [3.63, 3.8) is 0 Å². The number of carboxylic acid groups (broad SMARTS) is 2. The molecule has 36 heavy (non-hydrogen) atoms. The summed E-state index contributed by atoms with van der Waals surface area (Å²) in [5, 5.41) is 17.9. The number of hydrogen-bond donors (Lipinski definition) is 2. The SMILES string of the molecule is Cc1cccc(C(=O)c2ccc3c(c2)sc(=O)n3CCOc2ccc(C=C(C(=O)O)C(=O)O)cc2)c1. The van der Waals surface area contributed by atoms with Gasteiger partial charge >= 0.3 is 16.8 Å². The van der Waals surface area contributed by atoms with Crippen LogP contribution in [-0.4, -0.2) is 39.1 Å². The molecule has 0 fully saturated rings. The van der Waals surface area contributed by atoms with Gasteiger partial charge in [-0.25, -0.2) is 9.59 Å². The molecule has 3 aromatic carbocycles. The van der Waals surface area contributed by atoms with Gasteiger partial charge in [-0.1, -0.05) is 47.2 Å². The van der Waals surface area contributed by atoms with Crippen molar-refractivity contribution in [3.05, 3.63) is 104 Å². The highest BCUT2D eigenvalue weighted by molar-refractivity contribution is 7.16. The third-order valence-corrected chi connectivity index (χ3v) is 6.39. The summed E-state index contributed by atoms with van der Waals surface area (Å²) in [5.41, 5.74) is 2.48. The van der Waals surface area contributed by atoms with Crippen molar-refractivity contribution in [2.45, 2.75) is 13.5 Å². The topological polar surface area (TPSA) is 123 Å². The lowest BCUT2D eigenvalue weighted by Crippen LogP contribution is -2.17. The summed E-state index contributed by atoms with van der Waals surface area (Å²) in [5.74, 6) is -2.67. The fourth-order valence-electron chi connectivity index (χ4n) is 3.67. The number of aromatic nitrogens is 1. The monoisotopic (exact) mass is 503 g/mol. The van der Waals surface area contributed by atoms with Gasteiger partial charge in [-0.05, 0) is 55.0 Å². The van der Waals surface area contributed by atoms with Gasteiger partial charge in [-0.3, -0.25) is 14.2 Å². The van der Waals surface area contributed by atoms with Crippen molar-refractivity contribution in [2.75, 3.05) is 6.61 Å². The first-order chi connectivity index (χ1) is 17.2. The van der Waals surface area contributed by atoms with Crippen molar-refractivity contribution < 1.29 is 29.3 Å². The number of carbonyl (C=O) groups is 3. The third kappa shape index (κ3) is 5.42. The van der Waals surface area contributed by atoms with E-state index in [9.17, 15) is 19.2 Å². The van der Waals surface area contributed by atoms with E-state index in [0.717, 1.165) is 23.0 Å². The summed E-state index contributed by atoms with van der Waals surface area (Å²) in [6, 6.07) is 18.8. The highest BCUT2D eigenvalue weighted by Crippen LogP contribution is 2.22. The lowest BCUT2D eigenvalue weighted by molar-refractivity contribution is -0.140. The minimum atomic E-state index is -1.53. The first-order valence-electron chi connectivity index (χ1n) is 10.9. The number of carboxylic acids is 2. The van der Waals surface area contributed by atoms with Crippen LogP contribution in [0.4, 0.5) is 0 Å². The van der Waals surface area contributed by atoms with E-state index >= 15 is 0 Å². The molecular formula is C27H21NO7S. The molecule has 2 N–H and O–H groups in total. The first-order valence-corrected chi connectivity index (χ1v) is 11.7. The number of aliphatic carboxylic acids is 2. The number of ether oxygens (including phenoxy) is 1. The standard InChI is InChI=1S/C27H21NO7S/c1-16-3-2-4-18(13-16)24(29)19-7-10-22-23(15-19)36-27(34)28(22)11-12-35-20-8-5-17(6-9-20)14-21(25(30)31)26(32)33/h2-10,13-15H,11-12H2,1H3,(H,30,31)(H,32,33). The lowest BCUT2D eigenvalue weighted by Gasteiger charge is -2.08. The zero-order chi connectivity index (χ0) is 25.8. The van der Waals surface area contributed by atoms with E-state index in [1.165, 1.54) is 0 Å². The van der Waals surface area contributed by atoms with Gasteiger partial charge in [0.25, 0.3) is 0 Å². The molecule has 1 aromatic heterocycles. The first kappa shape index (κ1) is 24.6. The van der Waals surface area contributed by atoms with Gasteiger partial charge in [0.05, 0.1) is 16.8 Å². The molecule has 0 atom stereocenters. The van der Waals surface area contributed by atoms with Gasteiger partial charge in [0, 0.05) is 11.1 Å². The van der Waals surface area contributed by atoms with E-state index < -0.39 is 17.5 Å². The smallest absolute Gasteiger partial charge is 0.343 e. The van der Waals surface area contributed by atoms with Crippen molar-refractivity contribution in [1.82, 2.24) is 4.57 Å². The molecule has 9 heteroatoms. The average Bonchev–Trinajstić information content (AvgIpc) is 3.16. The maximum Gasteiger partial charge on any atom is 0.343 e. The number of nitrogens with zero attached hydrogens (tertiary/aromatic N) is 1. The van der Waals surface area contributed by atoms with E-state index in [0.29, 0.717) is 32.7 Å². The minimum Gasteiger partial charge on any atom is -0.492 e. The third-order valence-electron chi connectivity index (χ3n) is 5.45. The summed E-state index contributed by atoms with van der Waals surface area (Å²) < 4.78 is 8.00. The lowest BCUT2D eigenvalue weighted by atomic mass is 10.0. The van der Waals surface area contributed by atoms with E-state index in [-0.39, 0.29) is 23.8 Å². The molecule has 0 radical (unpaired) electrons. The summed E-state index contributed by atoms with van der Waals surface area (Å²) in [7, 11) is 0. The van der Waals surface area contributed by atoms with Crippen molar-refractivity contribution in [2.24, 2.45) is 0 Å². The predicted octanol–water partition coefficient (Wildman–Crippen LogP) is 4.23. The van der Waals surface area contributed by atoms with Crippen LogP contribution in [-0.2, 0) is 16.1 Å². The molecule has 0 spiro atoms. The van der Waals surface area contributed by atoms with Gasteiger partial charge in [0.15, 0.2) is 5.78 Å². The van der Waals surface area contributed by atoms with Gasteiger partial charge < -0.3 is 14.9 Å². The summed E-state index contributed by atoms with van der Waals surface area (Å²) in [6.07, 6.45) is 1.06. The Hall–Kier alpha value is -4.50. The molecule has 182 valence electrons. The Balaban J connectivity index is 1.45. The number of aryl methyl sites for hydroxylation is 1. The molecule has 4 rings (SSSR count). The number of benzene rings is 3. The molecule has 0 aliphatic carbocycles. The Bertz CT molecular complexity index is 1550. The normalized spacial score (nSPS) is 10.7. The number of thiazole rings is 1. The Morgan fingerprint density at radius 2 is 1.64 bits per heavy atom. The molecule has 0 aliphatic heterocycles. The van der Waals surface area contributed by atoms with E-state index in [4.69, 9.17) is 14.9 Å². The summed E-state index contributed by atoms with van der Waals surface area (Å²) in [6.45, 7) is 2.41. The van der Waals surface area contributed by atoms with Crippen LogP contribution in [0.1, 0.15) is 27.0 Å². The fraction of sp³-hybridized carbons (Fsp3) is 0.111. The molecule has 0 amide bonds. The van der Waals surface area contributed by atoms with Gasteiger partial charge in [0.1, 0.15) is 17.9 Å². The largest absolute Gasteiger partial charge is 0.492 e. The Morgan fingerprint density at radius 1 is 0.944 bits per heavy atom. The molecule has 8 nitrogen and oxygen atoms in total. The zero-order valence-corrected chi connectivity index (χ0v) is 20.0. The highest BCUT2D eigenvalue weighted by atomic mass is 32.1. The molecule has 0 saturated carbocycles. The second-order valence-electron chi connectivity index (χ2n) is 7.99. The minimum absolute atomic E-state index is 0.103. The highest BCUT2D eigenvalue weighted by Gasteiger charge is 2.16. The number of ketones is 1. The van der Waals surface area contributed by atoms with Crippen LogP contribution in [0.2, 0.25) is 0 Å². The molecule has 0 saturated heterocycles. The molecule has 4 aromatic rings. The molecule has 0 aliphatic rings. The average molecular weight is 504 g/mol. The van der Waals surface area contributed by atoms with Crippen molar-refractivity contribution >= 4 is 45.4 Å². The number of fused-ring (bicyclic) bond motifs is 1. The fourth-order valence-corrected chi connectivity index (χ4v) is 4.63. The van der Waals surface area contributed by atoms with Crippen LogP contribution in [0, 0.1) is 6.92 Å². The zero-order valence-electron chi connectivity index (χ0n) is 19.1. The van der Waals surface area contributed by atoms with E-state index in [2.05, 4.69) is 0 Å². The molecule has 0 bridgehead atoms. The van der Waals surface area contributed by atoms with Gasteiger partial charge in [0.2, 0.25) is 0 Å². The molecule has 1 heterocycles. The quantitative estimate of drug-likeness (QED) is 0.152. The molecular weight excluding hydrogens is 482 g/mol. The van der Waals surface area contributed by atoms with Gasteiger partial charge in [-0.2, -0.15) is 0 Å². The predicted molar refractivity (Wildman–Crippen MR) is 136 cm³/mol. The van der Waals surface area contributed by atoms with Crippen LogP contribution in [0.15, 0.2) is 77.1 Å².